The van der Waals surface area contributed by atoms with Crippen LogP contribution in [0.25, 0.3) is 5.70 Å². The van der Waals surface area contributed by atoms with Crippen LogP contribution in [0.3, 0.4) is 0 Å². The summed E-state index contributed by atoms with van der Waals surface area (Å²) >= 11 is 13.3. The minimum Gasteiger partial charge on any atom is -0.359 e. The summed E-state index contributed by atoms with van der Waals surface area (Å²) in [6.45, 7) is 16.6. The second kappa shape index (κ2) is 9.37. The predicted molar refractivity (Wildman–Crippen MR) is 149 cm³/mol. The molecule has 0 aromatic heterocycles. The predicted octanol–water partition coefficient (Wildman–Crippen LogP) is 8.68. The van der Waals surface area contributed by atoms with E-state index in [1.807, 2.05) is 19.2 Å². The fraction of sp³-hybridized carbons (Fsp3) is 0.267. The second-order valence-corrected chi connectivity index (χ2v) is 11.1. The van der Waals surface area contributed by atoms with Gasteiger partial charge < -0.3 is 10.2 Å². The number of nitrogens with one attached hydrogen (secondary N) is 1. The van der Waals surface area contributed by atoms with Crippen LogP contribution in [0.15, 0.2) is 73.5 Å². The summed E-state index contributed by atoms with van der Waals surface area (Å²) in [7, 11) is 2.04. The molecule has 3 aromatic carbocycles. The molecule has 1 saturated carbocycles. The molecule has 4 rings (SSSR count). The molecule has 0 bridgehead atoms. The van der Waals surface area contributed by atoms with E-state index >= 15 is 0 Å². The van der Waals surface area contributed by atoms with Gasteiger partial charge in [0.2, 0.25) is 0 Å². The van der Waals surface area contributed by atoms with E-state index in [2.05, 4.69) is 74.5 Å². The Morgan fingerprint density at radius 1 is 0.914 bits per heavy atom. The number of hydrogen-bond acceptors (Lipinski definition) is 2. The molecular formula is C30H31Cl2FN2. The van der Waals surface area contributed by atoms with E-state index in [1.54, 1.807) is 13.0 Å². The third-order valence-electron chi connectivity index (χ3n) is 6.94. The summed E-state index contributed by atoms with van der Waals surface area (Å²) in [5.41, 5.74) is 9.71. The van der Waals surface area contributed by atoms with E-state index in [9.17, 15) is 4.39 Å². The highest BCUT2D eigenvalue weighted by molar-refractivity contribution is 6.52. The number of anilines is 2. The molecule has 0 amide bonds. The van der Waals surface area contributed by atoms with Crippen molar-refractivity contribution in [1.29, 1.82) is 0 Å². The van der Waals surface area contributed by atoms with Crippen LogP contribution in [-0.2, 0) is 0 Å². The van der Waals surface area contributed by atoms with Crippen LogP contribution >= 0.6 is 23.2 Å². The zero-order chi connectivity index (χ0) is 25.7. The molecule has 2 nitrogen and oxygen atoms in total. The minimum atomic E-state index is -0.991. The summed E-state index contributed by atoms with van der Waals surface area (Å²) in [6.07, 6.45) is 0. The third-order valence-corrected chi connectivity index (χ3v) is 7.88. The lowest BCUT2D eigenvalue weighted by Crippen LogP contribution is -2.16. The first kappa shape index (κ1) is 25.3. The van der Waals surface area contributed by atoms with Crippen LogP contribution in [0.4, 0.5) is 15.8 Å². The number of halogens is 3. The van der Waals surface area contributed by atoms with Gasteiger partial charge in [0.1, 0.15) is 10.2 Å². The molecule has 1 fully saturated rings. The Bertz CT molecular complexity index is 1330. The van der Waals surface area contributed by atoms with E-state index < -0.39 is 4.33 Å². The third kappa shape index (κ3) is 4.85. The van der Waals surface area contributed by atoms with Crippen molar-refractivity contribution in [2.24, 2.45) is 5.92 Å². The van der Waals surface area contributed by atoms with Gasteiger partial charge in [-0.2, -0.15) is 0 Å². The van der Waals surface area contributed by atoms with Crippen LogP contribution < -0.4 is 10.2 Å². The van der Waals surface area contributed by atoms with E-state index in [4.69, 9.17) is 23.2 Å². The van der Waals surface area contributed by atoms with Gasteiger partial charge in [-0.3, -0.25) is 0 Å². The van der Waals surface area contributed by atoms with E-state index in [0.717, 1.165) is 39.5 Å². The molecule has 2 atom stereocenters. The fourth-order valence-electron chi connectivity index (χ4n) is 4.82. The molecule has 182 valence electrons. The molecule has 1 aliphatic rings. The molecule has 35 heavy (non-hydrogen) atoms. The van der Waals surface area contributed by atoms with Crippen molar-refractivity contribution in [2.75, 3.05) is 17.3 Å². The van der Waals surface area contributed by atoms with E-state index in [1.165, 1.54) is 17.2 Å². The first-order chi connectivity index (χ1) is 16.4. The van der Waals surface area contributed by atoms with Gasteiger partial charge in [0.15, 0.2) is 0 Å². The molecule has 5 heteroatoms. The maximum absolute atomic E-state index is 13.8. The highest BCUT2D eigenvalue weighted by atomic mass is 35.5. The summed E-state index contributed by atoms with van der Waals surface area (Å²) in [4.78, 5) is 2.12. The molecule has 1 aliphatic carbocycles. The number of aryl methyl sites for hydroxylation is 4. The van der Waals surface area contributed by atoms with Crippen molar-refractivity contribution in [1.82, 2.24) is 0 Å². The van der Waals surface area contributed by atoms with Crippen molar-refractivity contribution >= 4 is 40.3 Å². The van der Waals surface area contributed by atoms with Crippen molar-refractivity contribution in [3.05, 3.63) is 113 Å². The van der Waals surface area contributed by atoms with Gasteiger partial charge in [-0.15, -0.1) is 23.2 Å². The van der Waals surface area contributed by atoms with Gasteiger partial charge in [-0.25, -0.2) is 4.39 Å². The molecule has 1 N–H and O–H groups in total. The van der Waals surface area contributed by atoms with E-state index in [0.29, 0.717) is 5.56 Å². The first-order valence-electron chi connectivity index (χ1n) is 11.6. The molecule has 3 aromatic rings. The summed E-state index contributed by atoms with van der Waals surface area (Å²) < 4.78 is 12.8. The monoisotopic (exact) mass is 508 g/mol. The number of rotatable bonds is 7. The number of alkyl halides is 2. The molecule has 0 spiro atoms. The maximum atomic E-state index is 13.8. The van der Waals surface area contributed by atoms with Crippen LogP contribution in [0.5, 0.6) is 0 Å². The Balaban J connectivity index is 1.54. The van der Waals surface area contributed by atoms with Gasteiger partial charge in [0, 0.05) is 47.2 Å². The van der Waals surface area contributed by atoms with Crippen LogP contribution in [0, 0.1) is 39.4 Å². The summed E-state index contributed by atoms with van der Waals surface area (Å²) in [5.74, 6) is -0.585. The minimum absolute atomic E-state index is 0.152. The van der Waals surface area contributed by atoms with Gasteiger partial charge in [-0.05, 0) is 74.2 Å². The SMILES string of the molecule is C=C(Nc1ccc(C)c(C(=C)N(C)c2ccc(C)cc2C)c1)C1C(c2ccc(F)c(C)c2)C1(Cl)Cl. The van der Waals surface area contributed by atoms with Gasteiger partial charge in [0.25, 0.3) is 0 Å². The molecule has 0 heterocycles. The lowest BCUT2D eigenvalue weighted by atomic mass is 10.0. The number of benzene rings is 3. The second-order valence-electron chi connectivity index (χ2n) is 9.61. The average Bonchev–Trinajstić information content (AvgIpc) is 3.38. The number of nitrogens with zero attached hydrogens (tertiary/aromatic N) is 1. The largest absolute Gasteiger partial charge is 0.359 e. The van der Waals surface area contributed by atoms with Crippen LogP contribution in [0.2, 0.25) is 0 Å². The molecule has 0 saturated heterocycles. The van der Waals surface area contributed by atoms with Crippen molar-refractivity contribution in [3.8, 4) is 0 Å². The highest BCUT2D eigenvalue weighted by Crippen LogP contribution is 2.67. The first-order valence-corrected chi connectivity index (χ1v) is 12.4. The van der Waals surface area contributed by atoms with Gasteiger partial charge in [0.05, 0.1) is 0 Å². The van der Waals surface area contributed by atoms with Crippen molar-refractivity contribution in [2.45, 2.75) is 37.9 Å². The quantitative estimate of drug-likeness (QED) is 0.321. The Kier molecular flexibility index (Phi) is 6.78. The van der Waals surface area contributed by atoms with Crippen molar-refractivity contribution < 1.29 is 4.39 Å². The maximum Gasteiger partial charge on any atom is 0.134 e. The topological polar surface area (TPSA) is 15.3 Å². The molecule has 0 aliphatic heterocycles. The Morgan fingerprint density at radius 3 is 2.29 bits per heavy atom. The van der Waals surface area contributed by atoms with Crippen LogP contribution in [-0.4, -0.2) is 11.4 Å². The van der Waals surface area contributed by atoms with Crippen LogP contribution in [0.1, 0.15) is 39.3 Å². The Morgan fingerprint density at radius 2 is 1.63 bits per heavy atom. The van der Waals surface area contributed by atoms with Gasteiger partial charge in [-0.1, -0.05) is 49.1 Å². The van der Waals surface area contributed by atoms with Crippen molar-refractivity contribution in [3.63, 3.8) is 0 Å². The Hall–Kier alpha value is -2.75. The zero-order valence-corrected chi connectivity index (χ0v) is 22.4. The lowest BCUT2D eigenvalue weighted by Gasteiger charge is -2.26. The smallest absolute Gasteiger partial charge is 0.134 e. The highest BCUT2D eigenvalue weighted by Gasteiger charge is 2.65. The summed E-state index contributed by atoms with van der Waals surface area (Å²) in [5, 5.41) is 3.41. The zero-order valence-electron chi connectivity index (χ0n) is 20.8. The standard InChI is InChI=1S/C30H31Cl2FN2/c1-17-8-13-27(20(4)14-17)35(7)22(6)25-16-24(11-9-18(25)2)34-21(5)28-29(30(28,31)32)23-10-12-26(33)19(3)15-23/h8-16,28-29,34H,5-6H2,1-4,7H3. The summed E-state index contributed by atoms with van der Waals surface area (Å²) in [6, 6.07) is 17.6. The molecule has 2 unspecified atom stereocenters. The Labute approximate surface area is 218 Å². The normalized spacial score (nSPS) is 18.2. The number of allylic oxidation sites excluding steroid dienone is 1. The average molecular weight is 509 g/mol. The number of hydrogen-bond donors (Lipinski definition) is 1. The fourth-order valence-corrected chi connectivity index (χ4v) is 5.71. The van der Waals surface area contributed by atoms with Gasteiger partial charge >= 0.3 is 0 Å². The van der Waals surface area contributed by atoms with E-state index in [-0.39, 0.29) is 17.7 Å². The molecular weight excluding hydrogens is 478 g/mol. The molecule has 0 radical (unpaired) electrons. The lowest BCUT2D eigenvalue weighted by molar-refractivity contribution is 0.617.